The lowest BCUT2D eigenvalue weighted by Crippen LogP contribution is -2.36. The Morgan fingerprint density at radius 2 is 2.33 bits per heavy atom. The Morgan fingerprint density at radius 3 is 3.00 bits per heavy atom. The predicted molar refractivity (Wildman–Crippen MR) is 80.4 cm³/mol. The third-order valence-corrected chi connectivity index (χ3v) is 4.36. The summed E-state index contributed by atoms with van der Waals surface area (Å²) in [7, 11) is 0. The number of nitrogens with two attached hydrogens (primary N) is 1. The van der Waals surface area contributed by atoms with E-state index < -0.39 is 0 Å². The molecular formula is C14H20BrN3. The second kappa shape index (κ2) is 5.74. The summed E-state index contributed by atoms with van der Waals surface area (Å²) in [5, 5.41) is 7.75. The molecular weight excluding hydrogens is 290 g/mol. The zero-order valence-electron chi connectivity index (χ0n) is 10.7. The van der Waals surface area contributed by atoms with Crippen molar-refractivity contribution in [3.05, 3.63) is 28.2 Å². The van der Waals surface area contributed by atoms with Crippen LogP contribution in [0.4, 0.5) is 5.69 Å². The Bertz CT molecular complexity index is 445. The molecule has 0 amide bonds. The predicted octanol–water partition coefficient (Wildman–Crippen LogP) is 3.36. The molecule has 1 atom stereocenters. The van der Waals surface area contributed by atoms with Gasteiger partial charge >= 0.3 is 0 Å². The van der Waals surface area contributed by atoms with E-state index in [4.69, 9.17) is 11.1 Å². The fraction of sp³-hybridized carbons (Fsp3) is 0.500. The fourth-order valence-corrected chi connectivity index (χ4v) is 3.23. The first-order chi connectivity index (χ1) is 8.63. The van der Waals surface area contributed by atoms with E-state index in [9.17, 15) is 0 Å². The Kier molecular flexibility index (Phi) is 4.27. The molecule has 3 nitrogen and oxygen atoms in total. The average Bonchev–Trinajstić information content (AvgIpc) is 2.38. The lowest BCUT2D eigenvalue weighted by molar-refractivity contribution is 0.404. The third-order valence-electron chi connectivity index (χ3n) is 3.70. The van der Waals surface area contributed by atoms with Crippen LogP contribution in [0.3, 0.4) is 0 Å². The first-order valence-corrected chi connectivity index (χ1v) is 7.30. The molecule has 0 saturated carbocycles. The van der Waals surface area contributed by atoms with Crippen molar-refractivity contribution in [2.45, 2.75) is 26.2 Å². The summed E-state index contributed by atoms with van der Waals surface area (Å²) >= 11 is 3.50. The van der Waals surface area contributed by atoms with Crippen molar-refractivity contribution < 1.29 is 0 Å². The third kappa shape index (κ3) is 2.69. The van der Waals surface area contributed by atoms with E-state index in [0.717, 1.165) is 34.7 Å². The lowest BCUT2D eigenvalue weighted by atomic mass is 9.94. The van der Waals surface area contributed by atoms with Gasteiger partial charge in [-0.3, -0.25) is 5.41 Å². The Labute approximate surface area is 117 Å². The minimum atomic E-state index is 0.135. The van der Waals surface area contributed by atoms with Gasteiger partial charge in [-0.15, -0.1) is 0 Å². The number of nitrogen functional groups attached to an aromatic ring is 1. The number of nitrogens with one attached hydrogen (secondary N) is 1. The summed E-state index contributed by atoms with van der Waals surface area (Å²) in [5.41, 5.74) is 7.64. The Morgan fingerprint density at radius 1 is 1.56 bits per heavy atom. The molecule has 3 N–H and O–H groups in total. The molecule has 0 aliphatic carbocycles. The summed E-state index contributed by atoms with van der Waals surface area (Å²) in [5.74, 6) is 0.897. The number of anilines is 1. The molecule has 1 fully saturated rings. The molecule has 1 heterocycles. The Hall–Kier alpha value is -1.03. The van der Waals surface area contributed by atoms with Gasteiger partial charge in [0.1, 0.15) is 5.84 Å². The minimum Gasteiger partial charge on any atom is -0.384 e. The summed E-state index contributed by atoms with van der Waals surface area (Å²) in [6.45, 7) is 4.39. The molecule has 1 saturated heterocycles. The van der Waals surface area contributed by atoms with Crippen LogP contribution in [0.2, 0.25) is 0 Å². The van der Waals surface area contributed by atoms with Crippen molar-refractivity contribution in [2.24, 2.45) is 11.7 Å². The maximum Gasteiger partial charge on any atom is 0.126 e. The van der Waals surface area contributed by atoms with E-state index in [1.165, 1.54) is 19.3 Å². The zero-order valence-corrected chi connectivity index (χ0v) is 12.3. The first kappa shape index (κ1) is 13.4. The average molecular weight is 310 g/mol. The second-order valence-corrected chi connectivity index (χ2v) is 5.76. The van der Waals surface area contributed by atoms with Crippen LogP contribution in [0, 0.1) is 11.3 Å². The highest BCUT2D eigenvalue weighted by molar-refractivity contribution is 9.10. The molecule has 1 aliphatic heterocycles. The van der Waals surface area contributed by atoms with Gasteiger partial charge in [0, 0.05) is 23.2 Å². The van der Waals surface area contributed by atoms with Crippen molar-refractivity contribution in [3.8, 4) is 0 Å². The van der Waals surface area contributed by atoms with Gasteiger partial charge in [0.05, 0.1) is 5.56 Å². The standard InChI is InChI=1S/C14H20BrN3/c1-2-10-5-4-8-18(9-10)12-7-3-6-11(15)13(12)14(16)17/h3,6-7,10H,2,4-5,8-9H2,1H3,(H3,16,17). The molecule has 1 unspecified atom stereocenters. The van der Waals surface area contributed by atoms with Crippen LogP contribution in [0.1, 0.15) is 31.7 Å². The zero-order chi connectivity index (χ0) is 13.1. The van der Waals surface area contributed by atoms with Crippen LogP contribution in [0.5, 0.6) is 0 Å². The van der Waals surface area contributed by atoms with E-state index in [-0.39, 0.29) is 5.84 Å². The van der Waals surface area contributed by atoms with Crippen LogP contribution in [-0.4, -0.2) is 18.9 Å². The molecule has 1 aromatic rings. The number of benzene rings is 1. The van der Waals surface area contributed by atoms with Crippen LogP contribution >= 0.6 is 15.9 Å². The Balaban J connectivity index is 2.32. The van der Waals surface area contributed by atoms with Gasteiger partial charge in [-0.2, -0.15) is 0 Å². The lowest BCUT2D eigenvalue weighted by Gasteiger charge is -2.35. The van der Waals surface area contributed by atoms with E-state index in [1.807, 2.05) is 12.1 Å². The van der Waals surface area contributed by atoms with Gasteiger partial charge in [-0.1, -0.05) is 19.4 Å². The summed E-state index contributed by atoms with van der Waals surface area (Å²) in [4.78, 5) is 2.37. The molecule has 0 radical (unpaired) electrons. The summed E-state index contributed by atoms with van der Waals surface area (Å²) in [6, 6.07) is 6.03. The van der Waals surface area contributed by atoms with Crippen LogP contribution in [0.25, 0.3) is 0 Å². The maximum atomic E-state index is 7.75. The number of amidine groups is 1. The highest BCUT2D eigenvalue weighted by Crippen LogP contribution is 2.31. The van der Waals surface area contributed by atoms with Crippen molar-refractivity contribution in [1.29, 1.82) is 5.41 Å². The van der Waals surface area contributed by atoms with Gasteiger partial charge in [-0.05, 0) is 46.8 Å². The molecule has 0 spiro atoms. The van der Waals surface area contributed by atoms with Crippen molar-refractivity contribution >= 4 is 27.5 Å². The van der Waals surface area contributed by atoms with Crippen molar-refractivity contribution in [3.63, 3.8) is 0 Å². The van der Waals surface area contributed by atoms with Crippen LogP contribution in [-0.2, 0) is 0 Å². The molecule has 2 rings (SSSR count). The first-order valence-electron chi connectivity index (χ1n) is 6.51. The molecule has 18 heavy (non-hydrogen) atoms. The van der Waals surface area contributed by atoms with E-state index >= 15 is 0 Å². The molecule has 4 heteroatoms. The smallest absolute Gasteiger partial charge is 0.126 e. The summed E-state index contributed by atoms with van der Waals surface area (Å²) in [6.07, 6.45) is 3.76. The van der Waals surface area contributed by atoms with E-state index in [0.29, 0.717) is 0 Å². The fourth-order valence-electron chi connectivity index (χ4n) is 2.66. The number of piperidine rings is 1. The van der Waals surface area contributed by atoms with Gasteiger partial charge in [0.2, 0.25) is 0 Å². The van der Waals surface area contributed by atoms with Crippen LogP contribution < -0.4 is 10.6 Å². The molecule has 98 valence electrons. The normalized spacial score (nSPS) is 19.9. The quantitative estimate of drug-likeness (QED) is 0.664. The second-order valence-electron chi connectivity index (χ2n) is 4.91. The van der Waals surface area contributed by atoms with E-state index in [2.05, 4.69) is 33.8 Å². The van der Waals surface area contributed by atoms with Crippen LogP contribution in [0.15, 0.2) is 22.7 Å². The number of rotatable bonds is 3. The molecule has 0 aromatic heterocycles. The number of nitrogens with zero attached hydrogens (tertiary/aromatic N) is 1. The topological polar surface area (TPSA) is 53.1 Å². The van der Waals surface area contributed by atoms with Crippen molar-refractivity contribution in [2.75, 3.05) is 18.0 Å². The summed E-state index contributed by atoms with van der Waals surface area (Å²) < 4.78 is 0.908. The number of hydrogen-bond acceptors (Lipinski definition) is 2. The molecule has 1 aliphatic rings. The molecule has 0 bridgehead atoms. The number of halogens is 1. The molecule has 1 aromatic carbocycles. The van der Waals surface area contributed by atoms with Gasteiger partial charge in [-0.25, -0.2) is 0 Å². The minimum absolute atomic E-state index is 0.135. The highest BCUT2D eigenvalue weighted by atomic mass is 79.9. The van der Waals surface area contributed by atoms with Gasteiger partial charge in [0.15, 0.2) is 0 Å². The highest BCUT2D eigenvalue weighted by Gasteiger charge is 2.22. The van der Waals surface area contributed by atoms with Gasteiger partial charge in [0.25, 0.3) is 0 Å². The van der Waals surface area contributed by atoms with Gasteiger partial charge < -0.3 is 10.6 Å². The SMILES string of the molecule is CCC1CCCN(c2cccc(Br)c2C(=N)N)C1. The monoisotopic (exact) mass is 309 g/mol. The van der Waals surface area contributed by atoms with Crippen molar-refractivity contribution in [1.82, 2.24) is 0 Å². The number of hydrogen-bond donors (Lipinski definition) is 2. The van der Waals surface area contributed by atoms with E-state index in [1.54, 1.807) is 0 Å². The largest absolute Gasteiger partial charge is 0.384 e. The maximum absolute atomic E-state index is 7.75.